The summed E-state index contributed by atoms with van der Waals surface area (Å²) in [6, 6.07) is 3.23. The van der Waals surface area contributed by atoms with Crippen molar-refractivity contribution in [3.05, 3.63) is 24.1 Å². The molecule has 1 aliphatic rings. The molecular formula is C12H15FN4O. The number of rotatable bonds is 3. The molecule has 5 nitrogen and oxygen atoms in total. The number of ether oxygens (including phenoxy) is 1. The predicted octanol–water partition coefficient (Wildman–Crippen LogP) is 1.71. The van der Waals surface area contributed by atoms with Gasteiger partial charge in [-0.2, -0.15) is 4.98 Å². The van der Waals surface area contributed by atoms with E-state index >= 15 is 0 Å². The molecule has 1 N–H and O–H groups in total. The standard InChI is InChI=1S/C12H15FN4O/c1-8(9-4-5-18-7-9)14-12-15-11-3-2-10(13)6-17(11)16-12/h2-3,6,8-9H,4-5,7H2,1H3,(H,14,16). The van der Waals surface area contributed by atoms with E-state index in [-0.39, 0.29) is 11.9 Å². The smallest absolute Gasteiger partial charge is 0.243 e. The van der Waals surface area contributed by atoms with Gasteiger partial charge in [0.2, 0.25) is 5.95 Å². The number of fused-ring (bicyclic) bond motifs is 1. The molecule has 3 rings (SSSR count). The molecule has 1 saturated heterocycles. The number of nitrogens with zero attached hydrogens (tertiary/aromatic N) is 3. The minimum absolute atomic E-state index is 0.245. The maximum atomic E-state index is 13.0. The zero-order valence-electron chi connectivity index (χ0n) is 10.1. The number of aromatic nitrogens is 3. The van der Waals surface area contributed by atoms with E-state index in [9.17, 15) is 4.39 Å². The fourth-order valence-corrected chi connectivity index (χ4v) is 2.19. The molecule has 2 aromatic heterocycles. The maximum Gasteiger partial charge on any atom is 0.243 e. The molecule has 0 saturated carbocycles. The van der Waals surface area contributed by atoms with Gasteiger partial charge in [-0.15, -0.1) is 5.10 Å². The van der Waals surface area contributed by atoms with Crippen molar-refractivity contribution in [1.82, 2.24) is 14.6 Å². The van der Waals surface area contributed by atoms with E-state index in [2.05, 4.69) is 22.3 Å². The van der Waals surface area contributed by atoms with Crippen LogP contribution in [0.5, 0.6) is 0 Å². The number of anilines is 1. The number of halogens is 1. The second kappa shape index (κ2) is 4.53. The minimum atomic E-state index is -0.323. The molecule has 96 valence electrons. The summed E-state index contributed by atoms with van der Waals surface area (Å²) >= 11 is 0. The highest BCUT2D eigenvalue weighted by molar-refractivity contribution is 5.43. The molecule has 18 heavy (non-hydrogen) atoms. The average Bonchev–Trinajstić information content (AvgIpc) is 2.95. The van der Waals surface area contributed by atoms with Gasteiger partial charge in [-0.1, -0.05) is 0 Å². The second-order valence-electron chi connectivity index (χ2n) is 4.64. The number of pyridine rings is 1. The van der Waals surface area contributed by atoms with Crippen molar-refractivity contribution in [3.8, 4) is 0 Å². The average molecular weight is 250 g/mol. The molecule has 2 unspecified atom stereocenters. The summed E-state index contributed by atoms with van der Waals surface area (Å²) in [7, 11) is 0. The third-order valence-electron chi connectivity index (χ3n) is 3.32. The van der Waals surface area contributed by atoms with Gasteiger partial charge in [0.25, 0.3) is 0 Å². The summed E-state index contributed by atoms with van der Waals surface area (Å²) in [5, 5.41) is 7.45. The van der Waals surface area contributed by atoms with E-state index in [1.807, 2.05) is 0 Å². The molecule has 2 atom stereocenters. The topological polar surface area (TPSA) is 51.5 Å². The maximum absolute atomic E-state index is 13.0. The Morgan fingerprint density at radius 2 is 2.44 bits per heavy atom. The molecule has 0 radical (unpaired) electrons. The highest BCUT2D eigenvalue weighted by Crippen LogP contribution is 2.19. The lowest BCUT2D eigenvalue weighted by atomic mass is 10.0. The third kappa shape index (κ3) is 2.15. The summed E-state index contributed by atoms with van der Waals surface area (Å²) in [6.07, 6.45) is 2.37. The van der Waals surface area contributed by atoms with Crippen molar-refractivity contribution in [2.24, 2.45) is 5.92 Å². The van der Waals surface area contributed by atoms with E-state index < -0.39 is 0 Å². The molecule has 3 heterocycles. The van der Waals surface area contributed by atoms with Crippen LogP contribution in [0.25, 0.3) is 5.65 Å². The minimum Gasteiger partial charge on any atom is -0.381 e. The number of hydrogen-bond donors (Lipinski definition) is 1. The van der Waals surface area contributed by atoms with E-state index in [0.29, 0.717) is 17.5 Å². The zero-order valence-corrected chi connectivity index (χ0v) is 10.1. The summed E-state index contributed by atoms with van der Waals surface area (Å²) in [5.74, 6) is 0.685. The third-order valence-corrected chi connectivity index (χ3v) is 3.32. The van der Waals surface area contributed by atoms with Gasteiger partial charge in [0.15, 0.2) is 5.65 Å². The number of hydrogen-bond acceptors (Lipinski definition) is 4. The molecule has 0 aromatic carbocycles. The summed E-state index contributed by atoms with van der Waals surface area (Å²) in [6.45, 7) is 3.68. The van der Waals surface area contributed by atoms with Gasteiger partial charge >= 0.3 is 0 Å². The Bertz CT molecular complexity index is 550. The van der Waals surface area contributed by atoms with E-state index in [4.69, 9.17) is 4.74 Å². The van der Waals surface area contributed by atoms with Crippen molar-refractivity contribution in [3.63, 3.8) is 0 Å². The first-order valence-electron chi connectivity index (χ1n) is 6.08. The van der Waals surface area contributed by atoms with Gasteiger partial charge < -0.3 is 10.1 Å². The highest BCUT2D eigenvalue weighted by Gasteiger charge is 2.23. The SMILES string of the molecule is CC(Nc1nc2ccc(F)cn2n1)C1CCOC1. The fraction of sp³-hybridized carbons (Fsp3) is 0.500. The number of nitrogens with one attached hydrogen (secondary N) is 1. The Hall–Kier alpha value is -1.69. The summed E-state index contributed by atoms with van der Waals surface area (Å²) in [4.78, 5) is 4.30. The summed E-state index contributed by atoms with van der Waals surface area (Å²) in [5.41, 5.74) is 0.633. The van der Waals surface area contributed by atoms with Gasteiger partial charge in [0.05, 0.1) is 12.8 Å². The first-order chi connectivity index (χ1) is 8.72. The van der Waals surface area contributed by atoms with Crippen molar-refractivity contribution in [2.75, 3.05) is 18.5 Å². The van der Waals surface area contributed by atoms with Gasteiger partial charge in [0.1, 0.15) is 5.82 Å². The van der Waals surface area contributed by atoms with Crippen molar-refractivity contribution in [1.29, 1.82) is 0 Å². The van der Waals surface area contributed by atoms with Crippen LogP contribution in [0.3, 0.4) is 0 Å². The van der Waals surface area contributed by atoms with Crippen LogP contribution in [0.2, 0.25) is 0 Å². The van der Waals surface area contributed by atoms with Gasteiger partial charge in [-0.3, -0.25) is 0 Å². The molecule has 2 aromatic rings. The fourth-order valence-electron chi connectivity index (χ4n) is 2.19. The molecule has 0 amide bonds. The van der Waals surface area contributed by atoms with Gasteiger partial charge in [-0.05, 0) is 25.5 Å². The molecular weight excluding hydrogens is 235 g/mol. The van der Waals surface area contributed by atoms with Crippen LogP contribution in [0.15, 0.2) is 18.3 Å². The Morgan fingerprint density at radius 3 is 3.22 bits per heavy atom. The van der Waals surface area contributed by atoms with Crippen LogP contribution in [0, 0.1) is 11.7 Å². The van der Waals surface area contributed by atoms with E-state index in [1.54, 1.807) is 6.07 Å². The van der Waals surface area contributed by atoms with Gasteiger partial charge in [-0.25, -0.2) is 8.91 Å². The molecule has 0 aliphatic carbocycles. The highest BCUT2D eigenvalue weighted by atomic mass is 19.1. The first kappa shape index (κ1) is 11.4. The molecule has 0 spiro atoms. The normalized spacial score (nSPS) is 21.3. The lowest BCUT2D eigenvalue weighted by Gasteiger charge is -2.17. The van der Waals surface area contributed by atoms with Crippen LogP contribution >= 0.6 is 0 Å². The van der Waals surface area contributed by atoms with Crippen molar-refractivity contribution < 1.29 is 9.13 Å². The van der Waals surface area contributed by atoms with Crippen LogP contribution in [0.1, 0.15) is 13.3 Å². The van der Waals surface area contributed by atoms with Crippen LogP contribution in [-0.4, -0.2) is 33.9 Å². The Morgan fingerprint density at radius 1 is 1.56 bits per heavy atom. The zero-order chi connectivity index (χ0) is 12.5. The summed E-state index contributed by atoms with van der Waals surface area (Å²) < 4.78 is 19.8. The monoisotopic (exact) mass is 250 g/mol. The van der Waals surface area contributed by atoms with Crippen LogP contribution < -0.4 is 5.32 Å². The lowest BCUT2D eigenvalue weighted by molar-refractivity contribution is 0.183. The Labute approximate surface area is 104 Å². The molecule has 0 bridgehead atoms. The molecule has 1 fully saturated rings. The second-order valence-corrected chi connectivity index (χ2v) is 4.64. The van der Waals surface area contributed by atoms with Gasteiger partial charge in [0, 0.05) is 18.6 Å². The van der Waals surface area contributed by atoms with E-state index in [1.165, 1.54) is 16.8 Å². The molecule has 6 heteroatoms. The largest absolute Gasteiger partial charge is 0.381 e. The Balaban J connectivity index is 1.77. The van der Waals surface area contributed by atoms with Crippen molar-refractivity contribution in [2.45, 2.75) is 19.4 Å². The molecule has 1 aliphatic heterocycles. The quantitative estimate of drug-likeness (QED) is 0.901. The van der Waals surface area contributed by atoms with Crippen molar-refractivity contribution >= 4 is 11.6 Å². The van der Waals surface area contributed by atoms with Crippen LogP contribution in [-0.2, 0) is 4.74 Å². The Kier molecular flexibility index (Phi) is 2.87. The lowest BCUT2D eigenvalue weighted by Crippen LogP contribution is -2.26. The van der Waals surface area contributed by atoms with Crippen LogP contribution in [0.4, 0.5) is 10.3 Å². The first-order valence-corrected chi connectivity index (χ1v) is 6.08. The predicted molar refractivity (Wildman–Crippen MR) is 65.0 cm³/mol. The van der Waals surface area contributed by atoms with E-state index in [0.717, 1.165) is 19.6 Å².